The first kappa shape index (κ1) is 20.9. The third-order valence-electron chi connectivity index (χ3n) is 3.89. The molecule has 0 aliphatic heterocycles. The lowest BCUT2D eigenvalue weighted by Gasteiger charge is -2.08. The number of benzene rings is 2. The number of allylic oxidation sites excluding steroid dienone is 1. The Morgan fingerprint density at radius 3 is 2.24 bits per heavy atom. The van der Waals surface area contributed by atoms with E-state index in [-0.39, 0.29) is 22.1 Å². The van der Waals surface area contributed by atoms with Gasteiger partial charge in [0.1, 0.15) is 11.5 Å². The van der Waals surface area contributed by atoms with E-state index in [4.69, 9.17) is 27.6 Å². The summed E-state index contributed by atoms with van der Waals surface area (Å²) in [7, 11) is 0. The SMILES string of the molecule is O=C(C(=Cc1ccc(-c2ccc(Cl)cc2Cl)o1)C(=O)C(F)(F)F)c1ccccc1. The van der Waals surface area contributed by atoms with Crippen LogP contribution in [0.25, 0.3) is 17.4 Å². The van der Waals surface area contributed by atoms with Crippen molar-refractivity contribution in [2.75, 3.05) is 0 Å². The lowest BCUT2D eigenvalue weighted by atomic mass is 9.99. The molecule has 2 aromatic carbocycles. The smallest absolute Gasteiger partial charge is 0.455 e. The fraction of sp³-hybridized carbons (Fsp3) is 0.0476. The van der Waals surface area contributed by atoms with Crippen LogP contribution >= 0.6 is 23.2 Å². The third kappa shape index (κ3) is 4.78. The van der Waals surface area contributed by atoms with Crippen LogP contribution in [0.1, 0.15) is 16.1 Å². The standard InChI is InChI=1S/C21H11Cl2F3O3/c22-13-6-8-15(17(23)10-13)18-9-7-14(29-18)11-16(20(28)21(24,25)26)19(27)12-4-2-1-3-5-12/h1-11H. The van der Waals surface area contributed by atoms with Crippen molar-refractivity contribution in [1.82, 2.24) is 0 Å². The lowest BCUT2D eigenvalue weighted by molar-refractivity contribution is -0.166. The number of carbonyl (C=O) groups is 2. The number of carbonyl (C=O) groups excluding carboxylic acids is 2. The van der Waals surface area contributed by atoms with Crippen molar-refractivity contribution in [3.63, 3.8) is 0 Å². The van der Waals surface area contributed by atoms with E-state index >= 15 is 0 Å². The highest BCUT2D eigenvalue weighted by Crippen LogP contribution is 2.32. The second kappa shape index (κ2) is 8.27. The van der Waals surface area contributed by atoms with Crippen molar-refractivity contribution in [3.05, 3.63) is 87.6 Å². The molecule has 0 amide bonds. The van der Waals surface area contributed by atoms with Gasteiger partial charge in [-0.15, -0.1) is 0 Å². The molecular formula is C21H11Cl2F3O3. The first-order valence-electron chi connectivity index (χ1n) is 8.15. The highest BCUT2D eigenvalue weighted by Gasteiger charge is 2.43. The molecule has 0 saturated heterocycles. The van der Waals surface area contributed by atoms with Gasteiger partial charge in [0.2, 0.25) is 0 Å². The monoisotopic (exact) mass is 438 g/mol. The van der Waals surface area contributed by atoms with Crippen molar-refractivity contribution >= 4 is 40.8 Å². The summed E-state index contributed by atoms with van der Waals surface area (Å²) in [6.07, 6.45) is -4.44. The molecule has 0 unspecified atom stereocenters. The van der Waals surface area contributed by atoms with Gasteiger partial charge >= 0.3 is 6.18 Å². The van der Waals surface area contributed by atoms with Crippen molar-refractivity contribution in [3.8, 4) is 11.3 Å². The number of ketones is 2. The summed E-state index contributed by atoms with van der Waals surface area (Å²) in [5.41, 5.74) is -0.649. The molecule has 0 fully saturated rings. The van der Waals surface area contributed by atoms with Gasteiger partial charge in [-0.2, -0.15) is 13.2 Å². The van der Waals surface area contributed by atoms with Crippen LogP contribution in [0.5, 0.6) is 0 Å². The Bertz CT molecular complexity index is 1100. The highest BCUT2D eigenvalue weighted by molar-refractivity contribution is 6.36. The van der Waals surface area contributed by atoms with E-state index in [1.807, 2.05) is 0 Å². The van der Waals surface area contributed by atoms with Gasteiger partial charge in [-0.3, -0.25) is 9.59 Å². The zero-order valence-corrected chi connectivity index (χ0v) is 16.0. The van der Waals surface area contributed by atoms with Gasteiger partial charge in [0.15, 0.2) is 5.78 Å². The van der Waals surface area contributed by atoms with Gasteiger partial charge in [0, 0.05) is 16.1 Å². The predicted molar refractivity (Wildman–Crippen MR) is 104 cm³/mol. The molecule has 3 nitrogen and oxygen atoms in total. The average molecular weight is 439 g/mol. The Morgan fingerprint density at radius 1 is 0.931 bits per heavy atom. The van der Waals surface area contributed by atoms with Gasteiger partial charge in [-0.1, -0.05) is 53.5 Å². The molecule has 0 spiro atoms. The zero-order valence-electron chi connectivity index (χ0n) is 14.5. The minimum absolute atomic E-state index is 0.0520. The van der Waals surface area contributed by atoms with Crippen LogP contribution in [0, 0.1) is 0 Å². The topological polar surface area (TPSA) is 47.3 Å². The van der Waals surface area contributed by atoms with Crippen molar-refractivity contribution in [1.29, 1.82) is 0 Å². The van der Waals surface area contributed by atoms with E-state index in [1.165, 1.54) is 42.5 Å². The fourth-order valence-electron chi connectivity index (χ4n) is 2.54. The molecule has 0 atom stereocenters. The summed E-state index contributed by atoms with van der Waals surface area (Å²) in [6.45, 7) is 0. The minimum Gasteiger partial charge on any atom is -0.457 e. The van der Waals surface area contributed by atoms with Gasteiger partial charge in [0.25, 0.3) is 5.78 Å². The van der Waals surface area contributed by atoms with Gasteiger partial charge in [-0.05, 0) is 36.4 Å². The summed E-state index contributed by atoms with van der Waals surface area (Å²) in [6, 6.07) is 14.6. The molecule has 8 heteroatoms. The fourth-order valence-corrected chi connectivity index (χ4v) is 3.04. The van der Waals surface area contributed by atoms with Crippen LogP contribution in [0.4, 0.5) is 13.2 Å². The molecule has 3 rings (SSSR count). The molecular weight excluding hydrogens is 428 g/mol. The average Bonchev–Trinajstić information content (AvgIpc) is 3.13. The lowest BCUT2D eigenvalue weighted by Crippen LogP contribution is -2.28. The van der Waals surface area contributed by atoms with Crippen LogP contribution in [0.15, 0.2) is 70.7 Å². The highest BCUT2D eigenvalue weighted by atomic mass is 35.5. The van der Waals surface area contributed by atoms with Crippen LogP contribution in [0.3, 0.4) is 0 Å². The maximum absolute atomic E-state index is 13.0. The number of Topliss-reactive ketones (excluding diaryl/α,β-unsaturated/α-hetero) is 2. The summed E-state index contributed by atoms with van der Waals surface area (Å²) in [4.78, 5) is 24.4. The Balaban J connectivity index is 2.04. The van der Waals surface area contributed by atoms with Crippen LogP contribution in [0.2, 0.25) is 10.0 Å². The van der Waals surface area contributed by atoms with E-state index in [1.54, 1.807) is 18.2 Å². The molecule has 0 saturated carbocycles. The summed E-state index contributed by atoms with van der Waals surface area (Å²) < 4.78 is 44.6. The van der Waals surface area contributed by atoms with Gasteiger partial charge in [0.05, 0.1) is 10.6 Å². The number of furan rings is 1. The first-order chi connectivity index (χ1) is 13.7. The van der Waals surface area contributed by atoms with Crippen molar-refractivity contribution in [2.24, 2.45) is 0 Å². The van der Waals surface area contributed by atoms with Crippen LogP contribution in [-0.4, -0.2) is 17.7 Å². The van der Waals surface area contributed by atoms with E-state index in [0.29, 0.717) is 10.6 Å². The number of alkyl halides is 3. The molecule has 1 aromatic heterocycles. The Labute approximate surface area is 173 Å². The van der Waals surface area contributed by atoms with Gasteiger partial charge in [-0.25, -0.2) is 0 Å². The quantitative estimate of drug-likeness (QED) is 0.194. The predicted octanol–water partition coefficient (Wildman–Crippen LogP) is 6.65. The third-order valence-corrected chi connectivity index (χ3v) is 4.44. The second-order valence-corrected chi connectivity index (χ2v) is 6.75. The van der Waals surface area contributed by atoms with Crippen molar-refractivity contribution < 1.29 is 27.2 Å². The van der Waals surface area contributed by atoms with E-state index < -0.39 is 23.3 Å². The Hall–Kier alpha value is -2.83. The van der Waals surface area contributed by atoms with Crippen LogP contribution in [-0.2, 0) is 4.79 Å². The normalized spacial score (nSPS) is 12.1. The second-order valence-electron chi connectivity index (χ2n) is 5.91. The number of hydrogen-bond donors (Lipinski definition) is 0. The molecule has 3 aromatic rings. The summed E-state index contributed by atoms with van der Waals surface area (Å²) >= 11 is 11.9. The summed E-state index contributed by atoms with van der Waals surface area (Å²) in [5, 5.41) is 0.672. The number of rotatable bonds is 5. The van der Waals surface area contributed by atoms with E-state index in [2.05, 4.69) is 0 Å². The molecule has 1 heterocycles. The molecule has 0 radical (unpaired) electrons. The molecule has 0 N–H and O–H groups in total. The van der Waals surface area contributed by atoms with Crippen molar-refractivity contribution in [2.45, 2.75) is 6.18 Å². The van der Waals surface area contributed by atoms with Gasteiger partial charge < -0.3 is 4.42 Å². The molecule has 0 aliphatic rings. The van der Waals surface area contributed by atoms with E-state index in [9.17, 15) is 22.8 Å². The minimum atomic E-state index is -5.22. The maximum Gasteiger partial charge on any atom is 0.455 e. The largest absolute Gasteiger partial charge is 0.457 e. The molecule has 29 heavy (non-hydrogen) atoms. The summed E-state index contributed by atoms with van der Waals surface area (Å²) in [5.74, 6) is -3.18. The van der Waals surface area contributed by atoms with Crippen LogP contribution < -0.4 is 0 Å². The Kier molecular flexibility index (Phi) is 5.96. The maximum atomic E-state index is 13.0. The first-order valence-corrected chi connectivity index (χ1v) is 8.90. The van der Waals surface area contributed by atoms with E-state index in [0.717, 1.165) is 6.08 Å². The Morgan fingerprint density at radius 2 is 1.62 bits per heavy atom. The zero-order chi connectivity index (χ0) is 21.2. The number of halogens is 5. The number of hydrogen-bond acceptors (Lipinski definition) is 3. The molecule has 0 bridgehead atoms. The molecule has 0 aliphatic carbocycles. The molecule has 148 valence electrons.